The number of esters is 1. The van der Waals surface area contributed by atoms with Crippen LogP contribution >= 0.6 is 15.9 Å². The van der Waals surface area contributed by atoms with E-state index in [0.29, 0.717) is 22.7 Å². The third-order valence-corrected chi connectivity index (χ3v) is 3.20. The summed E-state index contributed by atoms with van der Waals surface area (Å²) in [6, 6.07) is -0.211. The van der Waals surface area contributed by atoms with Crippen molar-refractivity contribution in [1.82, 2.24) is 5.32 Å². The Morgan fingerprint density at radius 3 is 2.83 bits per heavy atom. The minimum atomic E-state index is -0.405. The molecule has 18 heavy (non-hydrogen) atoms. The van der Waals surface area contributed by atoms with E-state index in [1.165, 1.54) is 0 Å². The number of halogens is 1. The Morgan fingerprint density at radius 1 is 1.67 bits per heavy atom. The largest absolute Gasteiger partial charge is 0.461 e. The second kappa shape index (κ2) is 6.73. The summed E-state index contributed by atoms with van der Waals surface area (Å²) in [5, 5.41) is 3.30. The standard InChI is InChI=1S/C13H19BrN2O2/c1-5-9-11(15-7-8(3)4)10(14)12(16-9)13(17)18-6-2/h5,8-9,15H,1,6-7H2,2-4H3. The lowest BCUT2D eigenvalue weighted by Crippen LogP contribution is -2.24. The van der Waals surface area contributed by atoms with Gasteiger partial charge in [0.15, 0.2) is 5.71 Å². The first kappa shape index (κ1) is 15.0. The lowest BCUT2D eigenvalue weighted by atomic mass is 10.2. The van der Waals surface area contributed by atoms with Crippen molar-refractivity contribution in [2.24, 2.45) is 10.9 Å². The molecule has 0 radical (unpaired) electrons. The Kier molecular flexibility index (Phi) is 5.59. The fourth-order valence-corrected chi connectivity index (χ4v) is 2.17. The number of aliphatic imine (C=N–C) groups is 1. The predicted octanol–water partition coefficient (Wildman–Crippen LogP) is 2.41. The summed E-state index contributed by atoms with van der Waals surface area (Å²) in [7, 11) is 0. The molecule has 100 valence electrons. The Labute approximate surface area is 116 Å². The zero-order valence-corrected chi connectivity index (χ0v) is 12.6. The summed E-state index contributed by atoms with van der Waals surface area (Å²) >= 11 is 3.41. The molecule has 1 N–H and O–H groups in total. The van der Waals surface area contributed by atoms with E-state index in [-0.39, 0.29) is 6.04 Å². The van der Waals surface area contributed by atoms with Crippen LogP contribution in [0.4, 0.5) is 0 Å². The molecule has 0 spiro atoms. The van der Waals surface area contributed by atoms with Gasteiger partial charge in [0, 0.05) is 6.54 Å². The van der Waals surface area contributed by atoms with E-state index in [1.54, 1.807) is 13.0 Å². The van der Waals surface area contributed by atoms with Gasteiger partial charge < -0.3 is 10.1 Å². The van der Waals surface area contributed by atoms with Crippen LogP contribution in [-0.2, 0) is 9.53 Å². The molecule has 0 bridgehead atoms. The number of hydrogen-bond donors (Lipinski definition) is 1. The first-order valence-corrected chi connectivity index (χ1v) is 6.81. The second-order valence-corrected chi connectivity index (χ2v) is 5.17. The van der Waals surface area contributed by atoms with Crippen molar-refractivity contribution < 1.29 is 9.53 Å². The molecule has 5 heteroatoms. The van der Waals surface area contributed by atoms with Crippen LogP contribution in [0.15, 0.2) is 27.8 Å². The zero-order valence-electron chi connectivity index (χ0n) is 11.0. The van der Waals surface area contributed by atoms with Crippen molar-refractivity contribution in [3.05, 3.63) is 22.8 Å². The molecule has 0 amide bonds. The summed E-state index contributed by atoms with van der Waals surface area (Å²) in [5.41, 5.74) is 1.20. The molecule has 0 fully saturated rings. The topological polar surface area (TPSA) is 50.7 Å². The Bertz CT molecular complexity index is 400. The van der Waals surface area contributed by atoms with Gasteiger partial charge in [-0.05, 0) is 28.8 Å². The minimum Gasteiger partial charge on any atom is -0.461 e. The molecule has 1 aliphatic heterocycles. The highest BCUT2D eigenvalue weighted by molar-refractivity contribution is 9.12. The Hall–Kier alpha value is -1.10. The molecule has 0 saturated carbocycles. The number of carbonyl (C=O) groups is 1. The zero-order chi connectivity index (χ0) is 13.7. The summed E-state index contributed by atoms with van der Waals surface area (Å²) in [6.45, 7) is 10.9. The lowest BCUT2D eigenvalue weighted by Gasteiger charge is -2.13. The van der Waals surface area contributed by atoms with Gasteiger partial charge in [-0.1, -0.05) is 19.9 Å². The summed E-state index contributed by atoms with van der Waals surface area (Å²) < 4.78 is 5.64. The fraction of sp³-hybridized carbons (Fsp3) is 0.538. The molecule has 1 heterocycles. The van der Waals surface area contributed by atoms with E-state index in [0.717, 1.165) is 12.2 Å². The van der Waals surface area contributed by atoms with Crippen molar-refractivity contribution in [3.8, 4) is 0 Å². The highest BCUT2D eigenvalue weighted by Gasteiger charge is 2.29. The van der Waals surface area contributed by atoms with Crippen LogP contribution in [-0.4, -0.2) is 30.9 Å². The van der Waals surface area contributed by atoms with Crippen LogP contribution < -0.4 is 5.32 Å². The third kappa shape index (κ3) is 3.45. The molecule has 1 aliphatic rings. The van der Waals surface area contributed by atoms with Gasteiger partial charge in [-0.25, -0.2) is 4.79 Å². The molecule has 1 rings (SSSR count). The maximum Gasteiger partial charge on any atom is 0.357 e. The molecule has 0 aromatic heterocycles. The van der Waals surface area contributed by atoms with Crippen molar-refractivity contribution in [2.75, 3.05) is 13.2 Å². The minimum absolute atomic E-state index is 0.211. The van der Waals surface area contributed by atoms with Crippen molar-refractivity contribution in [1.29, 1.82) is 0 Å². The van der Waals surface area contributed by atoms with Gasteiger partial charge in [-0.15, -0.1) is 6.58 Å². The first-order valence-electron chi connectivity index (χ1n) is 6.02. The van der Waals surface area contributed by atoms with Gasteiger partial charge >= 0.3 is 5.97 Å². The van der Waals surface area contributed by atoms with Crippen molar-refractivity contribution in [2.45, 2.75) is 26.8 Å². The van der Waals surface area contributed by atoms with Gasteiger partial charge in [0.1, 0.15) is 6.04 Å². The van der Waals surface area contributed by atoms with Crippen molar-refractivity contribution >= 4 is 27.6 Å². The molecule has 0 aromatic rings. The number of ether oxygens (including phenoxy) is 1. The molecule has 0 aromatic carbocycles. The fourth-order valence-electron chi connectivity index (χ4n) is 1.53. The van der Waals surface area contributed by atoms with Crippen LogP contribution in [0.3, 0.4) is 0 Å². The number of nitrogens with zero attached hydrogens (tertiary/aromatic N) is 1. The van der Waals surface area contributed by atoms with Crippen molar-refractivity contribution in [3.63, 3.8) is 0 Å². The number of nitrogens with one attached hydrogen (secondary N) is 1. The highest BCUT2D eigenvalue weighted by Crippen LogP contribution is 2.26. The van der Waals surface area contributed by atoms with Gasteiger partial charge in [0.25, 0.3) is 0 Å². The normalized spacial score (nSPS) is 18.9. The second-order valence-electron chi connectivity index (χ2n) is 4.38. The van der Waals surface area contributed by atoms with Gasteiger partial charge in [0.2, 0.25) is 0 Å². The highest BCUT2D eigenvalue weighted by atomic mass is 79.9. The van der Waals surface area contributed by atoms with Crippen LogP contribution in [0, 0.1) is 5.92 Å². The average Bonchev–Trinajstić information content (AvgIpc) is 2.63. The smallest absolute Gasteiger partial charge is 0.357 e. The van der Waals surface area contributed by atoms with E-state index in [9.17, 15) is 4.79 Å². The van der Waals surface area contributed by atoms with Gasteiger partial charge in [-0.3, -0.25) is 4.99 Å². The maximum absolute atomic E-state index is 11.7. The van der Waals surface area contributed by atoms with Gasteiger partial charge in [0.05, 0.1) is 16.8 Å². The van der Waals surface area contributed by atoms with E-state index >= 15 is 0 Å². The number of hydrogen-bond acceptors (Lipinski definition) is 4. The quantitative estimate of drug-likeness (QED) is 0.605. The monoisotopic (exact) mass is 314 g/mol. The van der Waals surface area contributed by atoms with E-state index < -0.39 is 5.97 Å². The Balaban J connectivity index is 2.88. The van der Waals surface area contributed by atoms with Gasteiger partial charge in [-0.2, -0.15) is 0 Å². The van der Waals surface area contributed by atoms with E-state index in [2.05, 4.69) is 46.7 Å². The molecular formula is C13H19BrN2O2. The third-order valence-electron chi connectivity index (χ3n) is 2.40. The maximum atomic E-state index is 11.7. The van der Waals surface area contributed by atoms with Crippen LogP contribution in [0.2, 0.25) is 0 Å². The van der Waals surface area contributed by atoms with Crippen LogP contribution in [0.5, 0.6) is 0 Å². The molecule has 0 aliphatic carbocycles. The number of rotatable bonds is 6. The molecule has 0 saturated heterocycles. The first-order chi connectivity index (χ1) is 8.51. The Morgan fingerprint density at radius 2 is 2.33 bits per heavy atom. The molecule has 4 nitrogen and oxygen atoms in total. The summed E-state index contributed by atoms with van der Waals surface area (Å²) in [6.07, 6.45) is 1.70. The molecular weight excluding hydrogens is 296 g/mol. The van der Waals surface area contributed by atoms with Crippen LogP contribution in [0.25, 0.3) is 0 Å². The lowest BCUT2D eigenvalue weighted by molar-refractivity contribution is -0.134. The molecule has 1 unspecified atom stereocenters. The van der Waals surface area contributed by atoms with E-state index in [1.807, 2.05) is 0 Å². The van der Waals surface area contributed by atoms with E-state index in [4.69, 9.17) is 4.74 Å². The predicted molar refractivity (Wildman–Crippen MR) is 76.8 cm³/mol. The number of carbonyl (C=O) groups excluding carboxylic acids is 1. The average molecular weight is 315 g/mol. The van der Waals surface area contributed by atoms with Crippen LogP contribution in [0.1, 0.15) is 20.8 Å². The summed E-state index contributed by atoms with van der Waals surface area (Å²) in [4.78, 5) is 16.0. The SMILES string of the molecule is C=CC1N=C(C(=O)OCC)C(Br)=C1NCC(C)C. The molecule has 1 atom stereocenters. The summed E-state index contributed by atoms with van der Waals surface area (Å²) in [5.74, 6) is 0.104.